The van der Waals surface area contributed by atoms with Gasteiger partial charge in [-0.15, -0.1) is 0 Å². The minimum atomic E-state index is -0.701. The van der Waals surface area contributed by atoms with Crippen LogP contribution in [0.3, 0.4) is 0 Å². The van der Waals surface area contributed by atoms with Crippen LogP contribution >= 0.6 is 23.2 Å². The number of allylic oxidation sites excluding steroid dienone is 1. The van der Waals surface area contributed by atoms with E-state index in [4.69, 9.17) is 37.4 Å². The van der Waals surface area contributed by atoms with Crippen LogP contribution in [0, 0.1) is 0 Å². The fraction of sp³-hybridized carbons (Fsp3) is 0.304. The lowest BCUT2D eigenvalue weighted by Crippen LogP contribution is -2.45. The van der Waals surface area contributed by atoms with Crippen LogP contribution in [0.25, 0.3) is 0 Å². The first-order valence-corrected chi connectivity index (χ1v) is 10.7. The van der Waals surface area contributed by atoms with Gasteiger partial charge in [0.15, 0.2) is 11.5 Å². The molecule has 0 saturated carbocycles. The molecule has 2 aromatic rings. The number of ether oxygens (including phenoxy) is 3. The van der Waals surface area contributed by atoms with Gasteiger partial charge in [-0.1, -0.05) is 35.3 Å². The first-order chi connectivity index (χ1) is 15.2. The Hall–Kier alpha value is -2.90. The van der Waals surface area contributed by atoms with Gasteiger partial charge in [0.05, 0.1) is 34.9 Å². The molecule has 2 aromatic carbocycles. The molecule has 0 aliphatic carbocycles. The van der Waals surface area contributed by atoms with Gasteiger partial charge in [0.2, 0.25) is 0 Å². The molecule has 2 amide bonds. The molecule has 0 radical (unpaired) electrons. The van der Waals surface area contributed by atoms with E-state index in [9.17, 15) is 9.59 Å². The molecule has 1 heterocycles. The Kier molecular flexibility index (Phi) is 7.53. The third kappa shape index (κ3) is 5.47. The van der Waals surface area contributed by atoms with E-state index in [2.05, 4.69) is 10.6 Å². The van der Waals surface area contributed by atoms with Crippen LogP contribution in [0.2, 0.25) is 10.0 Å². The van der Waals surface area contributed by atoms with Crippen LogP contribution in [0.15, 0.2) is 47.7 Å². The average molecular weight is 479 g/mol. The highest BCUT2D eigenvalue weighted by Gasteiger charge is 2.33. The van der Waals surface area contributed by atoms with Crippen molar-refractivity contribution >= 4 is 35.2 Å². The summed E-state index contributed by atoms with van der Waals surface area (Å²) >= 11 is 12.0. The number of carbonyl (C=O) groups excluding carboxylic acids is 2. The van der Waals surface area contributed by atoms with E-state index in [-0.39, 0.29) is 12.7 Å². The molecule has 1 unspecified atom stereocenters. The van der Waals surface area contributed by atoms with Crippen LogP contribution in [0.5, 0.6) is 11.5 Å². The summed E-state index contributed by atoms with van der Waals surface area (Å²) in [4.78, 5) is 24.8. The third-order valence-electron chi connectivity index (χ3n) is 4.73. The number of urea groups is 1. The average Bonchev–Trinajstić information content (AvgIpc) is 2.73. The standard InChI is InChI=1S/C23H24Cl2N2O5/c1-12(2)32-22(28)20-13(3)26-23(29)27-21(20)15-6-8-18(19(10-15)30-4)31-11-14-5-7-16(24)17(25)9-14/h5-10,12,21H,11H2,1-4H3,(H2,26,27,29). The first kappa shape index (κ1) is 23.8. The molecule has 0 bridgehead atoms. The first-order valence-electron chi connectivity index (χ1n) is 9.93. The Labute approximate surface area is 196 Å². The van der Waals surface area contributed by atoms with Crippen molar-refractivity contribution in [3.05, 3.63) is 68.8 Å². The maximum absolute atomic E-state index is 12.7. The molecule has 32 heavy (non-hydrogen) atoms. The maximum atomic E-state index is 12.7. The quantitative estimate of drug-likeness (QED) is 0.536. The number of rotatable bonds is 7. The van der Waals surface area contributed by atoms with Crippen LogP contribution in [-0.4, -0.2) is 25.2 Å². The number of hydrogen-bond donors (Lipinski definition) is 2. The molecule has 0 saturated heterocycles. The van der Waals surface area contributed by atoms with Crippen LogP contribution < -0.4 is 20.1 Å². The second-order valence-corrected chi connectivity index (χ2v) is 8.29. The fourth-order valence-electron chi connectivity index (χ4n) is 3.27. The summed E-state index contributed by atoms with van der Waals surface area (Å²) in [6.45, 7) is 5.44. The molecule has 1 aliphatic heterocycles. The molecule has 7 nitrogen and oxygen atoms in total. The van der Waals surface area contributed by atoms with Crippen molar-refractivity contribution < 1.29 is 23.8 Å². The zero-order valence-electron chi connectivity index (χ0n) is 18.1. The second-order valence-electron chi connectivity index (χ2n) is 7.47. The Balaban J connectivity index is 1.87. The summed E-state index contributed by atoms with van der Waals surface area (Å²) < 4.78 is 16.7. The summed E-state index contributed by atoms with van der Waals surface area (Å²) in [7, 11) is 1.52. The van der Waals surface area contributed by atoms with Gasteiger partial charge in [-0.2, -0.15) is 0 Å². The van der Waals surface area contributed by atoms with E-state index in [0.717, 1.165) is 5.56 Å². The lowest BCUT2D eigenvalue weighted by Gasteiger charge is -2.29. The van der Waals surface area contributed by atoms with Crippen molar-refractivity contribution in [1.29, 1.82) is 0 Å². The van der Waals surface area contributed by atoms with E-state index < -0.39 is 18.0 Å². The third-order valence-corrected chi connectivity index (χ3v) is 5.47. The van der Waals surface area contributed by atoms with Gasteiger partial charge in [0.25, 0.3) is 0 Å². The van der Waals surface area contributed by atoms with Crippen molar-refractivity contribution in [2.45, 2.75) is 39.5 Å². The monoisotopic (exact) mass is 478 g/mol. The zero-order valence-corrected chi connectivity index (χ0v) is 19.6. The zero-order chi connectivity index (χ0) is 23.4. The number of amides is 2. The lowest BCUT2D eigenvalue weighted by atomic mass is 9.95. The molecular weight excluding hydrogens is 455 g/mol. The fourth-order valence-corrected chi connectivity index (χ4v) is 3.59. The van der Waals surface area contributed by atoms with Crippen LogP contribution in [-0.2, 0) is 16.1 Å². The van der Waals surface area contributed by atoms with Gasteiger partial charge in [-0.3, -0.25) is 0 Å². The summed E-state index contributed by atoms with van der Waals surface area (Å²) in [6.07, 6.45) is -0.298. The summed E-state index contributed by atoms with van der Waals surface area (Å²) in [5.74, 6) is 0.438. The molecule has 3 rings (SSSR count). The van der Waals surface area contributed by atoms with Crippen LogP contribution in [0.1, 0.15) is 37.9 Å². The van der Waals surface area contributed by atoms with Crippen molar-refractivity contribution in [1.82, 2.24) is 10.6 Å². The van der Waals surface area contributed by atoms with E-state index in [1.807, 2.05) is 6.07 Å². The summed E-state index contributed by atoms with van der Waals surface area (Å²) in [6, 6.07) is 9.35. The van der Waals surface area contributed by atoms with Crippen LogP contribution in [0.4, 0.5) is 4.79 Å². The van der Waals surface area contributed by atoms with Crippen molar-refractivity contribution in [3.8, 4) is 11.5 Å². The number of esters is 1. The molecule has 1 aliphatic rings. The minimum absolute atomic E-state index is 0.252. The van der Waals surface area contributed by atoms with Gasteiger partial charge in [-0.25, -0.2) is 9.59 Å². The Morgan fingerprint density at radius 3 is 2.50 bits per heavy atom. The molecule has 2 N–H and O–H groups in total. The number of nitrogens with one attached hydrogen (secondary N) is 2. The van der Waals surface area contributed by atoms with Gasteiger partial charge < -0.3 is 24.8 Å². The molecule has 0 spiro atoms. The molecule has 1 atom stereocenters. The van der Waals surface area contributed by atoms with Gasteiger partial charge in [0.1, 0.15) is 6.61 Å². The van der Waals surface area contributed by atoms with Crippen molar-refractivity contribution in [2.24, 2.45) is 0 Å². The van der Waals surface area contributed by atoms with E-state index in [1.54, 1.807) is 51.1 Å². The highest BCUT2D eigenvalue weighted by molar-refractivity contribution is 6.42. The predicted molar refractivity (Wildman–Crippen MR) is 122 cm³/mol. The van der Waals surface area contributed by atoms with Crippen molar-refractivity contribution in [3.63, 3.8) is 0 Å². The molecular formula is C23H24Cl2N2O5. The van der Waals surface area contributed by atoms with E-state index in [0.29, 0.717) is 38.4 Å². The number of hydrogen-bond acceptors (Lipinski definition) is 5. The van der Waals surface area contributed by atoms with E-state index >= 15 is 0 Å². The Morgan fingerprint density at radius 1 is 1.09 bits per heavy atom. The van der Waals surface area contributed by atoms with Crippen molar-refractivity contribution in [2.75, 3.05) is 7.11 Å². The molecule has 0 fully saturated rings. The lowest BCUT2D eigenvalue weighted by molar-refractivity contribution is -0.143. The van der Waals surface area contributed by atoms with Gasteiger partial charge >= 0.3 is 12.0 Å². The smallest absolute Gasteiger partial charge is 0.338 e. The SMILES string of the molecule is COc1cc(C2NC(=O)NC(C)=C2C(=O)OC(C)C)ccc1OCc1ccc(Cl)c(Cl)c1. The Bertz CT molecular complexity index is 1070. The minimum Gasteiger partial charge on any atom is -0.493 e. The Morgan fingerprint density at radius 2 is 1.84 bits per heavy atom. The summed E-state index contributed by atoms with van der Waals surface area (Å²) in [5.41, 5.74) is 2.25. The molecule has 0 aromatic heterocycles. The number of carbonyl (C=O) groups is 2. The predicted octanol–water partition coefficient (Wildman–Crippen LogP) is 5.16. The number of benzene rings is 2. The maximum Gasteiger partial charge on any atom is 0.338 e. The highest BCUT2D eigenvalue weighted by Crippen LogP contribution is 2.35. The topological polar surface area (TPSA) is 85.9 Å². The number of methoxy groups -OCH3 is 1. The highest BCUT2D eigenvalue weighted by atomic mass is 35.5. The normalized spacial score (nSPS) is 15.8. The largest absolute Gasteiger partial charge is 0.493 e. The molecule has 9 heteroatoms. The number of halogens is 2. The van der Waals surface area contributed by atoms with Gasteiger partial charge in [0, 0.05) is 5.70 Å². The van der Waals surface area contributed by atoms with E-state index in [1.165, 1.54) is 7.11 Å². The summed E-state index contributed by atoms with van der Waals surface area (Å²) in [5, 5.41) is 6.31. The second kappa shape index (κ2) is 10.1. The molecule has 170 valence electrons. The van der Waals surface area contributed by atoms with Gasteiger partial charge in [-0.05, 0) is 56.2 Å².